The van der Waals surface area contributed by atoms with Crippen molar-refractivity contribution in [2.75, 3.05) is 13.2 Å². The third-order valence-corrected chi connectivity index (χ3v) is 3.18. The summed E-state index contributed by atoms with van der Waals surface area (Å²) < 4.78 is 5.58. The lowest BCUT2D eigenvalue weighted by Crippen LogP contribution is -2.37. The van der Waals surface area contributed by atoms with Gasteiger partial charge in [0.1, 0.15) is 0 Å². The fraction of sp³-hybridized carbons (Fsp3) is 0.538. The first kappa shape index (κ1) is 13.0. The lowest BCUT2D eigenvalue weighted by molar-refractivity contribution is -0.386. The summed E-state index contributed by atoms with van der Waals surface area (Å²) in [5.41, 5.74) is 0.771. The summed E-state index contributed by atoms with van der Waals surface area (Å²) in [6, 6.07) is 7.11. The number of benzene rings is 1. The molecule has 1 heterocycles. The molecule has 1 unspecified atom stereocenters. The van der Waals surface area contributed by atoms with Crippen LogP contribution in [0.15, 0.2) is 24.3 Å². The molecule has 98 valence electrons. The van der Waals surface area contributed by atoms with Gasteiger partial charge >= 0.3 is 0 Å². The van der Waals surface area contributed by atoms with E-state index >= 15 is 0 Å². The number of rotatable bonds is 5. The molecule has 1 aromatic rings. The van der Waals surface area contributed by atoms with Crippen molar-refractivity contribution < 1.29 is 9.66 Å². The Bertz CT molecular complexity index is 403. The van der Waals surface area contributed by atoms with Crippen LogP contribution in [0.5, 0.6) is 0 Å². The zero-order chi connectivity index (χ0) is 12.8. The smallest absolute Gasteiger partial charge is 0.274 e. The SMILES string of the molecule is O=[N+]([O-])c1ccccc1COCC1CCCCN1. The van der Waals surface area contributed by atoms with Crippen molar-refractivity contribution in [2.45, 2.75) is 31.9 Å². The Morgan fingerprint density at radius 1 is 1.39 bits per heavy atom. The summed E-state index contributed by atoms with van der Waals surface area (Å²) in [6.45, 7) is 1.96. The lowest BCUT2D eigenvalue weighted by atomic mass is 10.1. The monoisotopic (exact) mass is 250 g/mol. The number of nitrogens with zero attached hydrogens (tertiary/aromatic N) is 1. The maximum absolute atomic E-state index is 10.8. The van der Waals surface area contributed by atoms with Crippen LogP contribution in [0.2, 0.25) is 0 Å². The molecule has 2 rings (SSSR count). The molecule has 1 aliphatic rings. The summed E-state index contributed by atoms with van der Waals surface area (Å²) in [7, 11) is 0. The van der Waals surface area contributed by atoms with Gasteiger partial charge in [-0.15, -0.1) is 0 Å². The number of nitro groups is 1. The number of hydrogen-bond acceptors (Lipinski definition) is 4. The van der Waals surface area contributed by atoms with E-state index in [-0.39, 0.29) is 10.6 Å². The molecule has 1 aromatic carbocycles. The van der Waals surface area contributed by atoms with Crippen LogP contribution in [0.1, 0.15) is 24.8 Å². The first-order valence-electron chi connectivity index (χ1n) is 6.31. The third kappa shape index (κ3) is 3.51. The Labute approximate surface area is 106 Å². The topological polar surface area (TPSA) is 64.4 Å². The molecule has 0 amide bonds. The molecule has 1 aliphatic heterocycles. The Hall–Kier alpha value is -1.46. The molecule has 0 radical (unpaired) electrons. The summed E-state index contributed by atoms with van der Waals surface area (Å²) in [4.78, 5) is 10.5. The van der Waals surface area contributed by atoms with Gasteiger partial charge in [0.25, 0.3) is 5.69 Å². The molecule has 5 nitrogen and oxygen atoms in total. The van der Waals surface area contributed by atoms with E-state index in [1.807, 2.05) is 0 Å². The molecular weight excluding hydrogens is 232 g/mol. The van der Waals surface area contributed by atoms with Gasteiger partial charge in [0, 0.05) is 12.1 Å². The van der Waals surface area contributed by atoms with Crippen LogP contribution in [0.4, 0.5) is 5.69 Å². The van der Waals surface area contributed by atoms with E-state index in [1.165, 1.54) is 18.9 Å². The van der Waals surface area contributed by atoms with Crippen molar-refractivity contribution in [3.05, 3.63) is 39.9 Å². The summed E-state index contributed by atoms with van der Waals surface area (Å²) >= 11 is 0. The summed E-state index contributed by atoms with van der Waals surface area (Å²) in [5.74, 6) is 0. The molecule has 0 saturated carbocycles. The number of nitro benzene ring substituents is 1. The van der Waals surface area contributed by atoms with Crippen LogP contribution in [-0.2, 0) is 11.3 Å². The zero-order valence-electron chi connectivity index (χ0n) is 10.3. The highest BCUT2D eigenvalue weighted by Crippen LogP contribution is 2.18. The number of hydrogen-bond donors (Lipinski definition) is 1. The predicted molar refractivity (Wildman–Crippen MR) is 68.4 cm³/mol. The molecule has 1 atom stereocenters. The zero-order valence-corrected chi connectivity index (χ0v) is 10.3. The van der Waals surface area contributed by atoms with Gasteiger partial charge in [0.05, 0.1) is 23.7 Å². The van der Waals surface area contributed by atoms with E-state index < -0.39 is 0 Å². The Kier molecular flexibility index (Phi) is 4.66. The van der Waals surface area contributed by atoms with Gasteiger partial charge in [-0.3, -0.25) is 10.1 Å². The van der Waals surface area contributed by atoms with Gasteiger partial charge in [0.15, 0.2) is 0 Å². The second kappa shape index (κ2) is 6.47. The van der Waals surface area contributed by atoms with Gasteiger partial charge in [-0.05, 0) is 25.5 Å². The van der Waals surface area contributed by atoms with Gasteiger partial charge < -0.3 is 10.1 Å². The Morgan fingerprint density at radius 3 is 2.94 bits per heavy atom. The Morgan fingerprint density at radius 2 is 2.22 bits per heavy atom. The molecule has 5 heteroatoms. The van der Waals surface area contributed by atoms with E-state index in [4.69, 9.17) is 4.74 Å². The van der Waals surface area contributed by atoms with E-state index in [0.717, 1.165) is 13.0 Å². The maximum Gasteiger partial charge on any atom is 0.274 e. The molecule has 18 heavy (non-hydrogen) atoms. The number of nitrogens with one attached hydrogen (secondary N) is 1. The first-order valence-corrected chi connectivity index (χ1v) is 6.31. The fourth-order valence-corrected chi connectivity index (χ4v) is 2.19. The van der Waals surface area contributed by atoms with Crippen molar-refractivity contribution in [3.63, 3.8) is 0 Å². The second-order valence-electron chi connectivity index (χ2n) is 4.55. The summed E-state index contributed by atoms with van der Waals surface area (Å²) in [5, 5.41) is 14.2. The van der Waals surface area contributed by atoms with Crippen molar-refractivity contribution in [2.24, 2.45) is 0 Å². The standard InChI is InChI=1S/C13H18N2O3/c16-15(17)13-7-2-1-5-11(13)9-18-10-12-6-3-4-8-14-12/h1-2,5,7,12,14H,3-4,6,8-10H2. The van der Waals surface area contributed by atoms with Crippen molar-refractivity contribution >= 4 is 5.69 Å². The molecule has 1 saturated heterocycles. The predicted octanol–water partition coefficient (Wildman–Crippen LogP) is 2.25. The van der Waals surface area contributed by atoms with Crippen LogP contribution in [0.3, 0.4) is 0 Å². The summed E-state index contributed by atoms with van der Waals surface area (Å²) in [6.07, 6.45) is 3.57. The molecule has 1 N–H and O–H groups in total. The molecule has 0 aromatic heterocycles. The van der Waals surface area contributed by atoms with Gasteiger partial charge in [-0.25, -0.2) is 0 Å². The fourth-order valence-electron chi connectivity index (χ4n) is 2.19. The third-order valence-electron chi connectivity index (χ3n) is 3.18. The normalized spacial score (nSPS) is 19.7. The minimum absolute atomic E-state index is 0.133. The number of piperidine rings is 1. The minimum Gasteiger partial charge on any atom is -0.375 e. The highest BCUT2D eigenvalue weighted by atomic mass is 16.6. The van der Waals surface area contributed by atoms with Crippen LogP contribution >= 0.6 is 0 Å². The average Bonchev–Trinajstić information content (AvgIpc) is 2.40. The highest BCUT2D eigenvalue weighted by molar-refractivity contribution is 5.39. The number of para-hydroxylation sites is 1. The molecule has 0 bridgehead atoms. The first-order chi connectivity index (χ1) is 8.77. The highest BCUT2D eigenvalue weighted by Gasteiger charge is 2.15. The Balaban J connectivity index is 1.84. The van der Waals surface area contributed by atoms with Crippen LogP contribution in [0.25, 0.3) is 0 Å². The number of ether oxygens (including phenoxy) is 1. The largest absolute Gasteiger partial charge is 0.375 e. The van der Waals surface area contributed by atoms with E-state index in [1.54, 1.807) is 18.2 Å². The van der Waals surface area contributed by atoms with Gasteiger partial charge in [0.2, 0.25) is 0 Å². The van der Waals surface area contributed by atoms with E-state index in [0.29, 0.717) is 24.8 Å². The lowest BCUT2D eigenvalue weighted by Gasteiger charge is -2.23. The molecule has 1 fully saturated rings. The maximum atomic E-state index is 10.8. The molecular formula is C13H18N2O3. The van der Waals surface area contributed by atoms with E-state index in [9.17, 15) is 10.1 Å². The minimum atomic E-state index is -0.364. The molecule has 0 spiro atoms. The second-order valence-corrected chi connectivity index (χ2v) is 4.55. The van der Waals surface area contributed by atoms with E-state index in [2.05, 4.69) is 5.32 Å². The molecule has 0 aliphatic carbocycles. The van der Waals surface area contributed by atoms with Crippen LogP contribution in [0, 0.1) is 10.1 Å². The van der Waals surface area contributed by atoms with Crippen molar-refractivity contribution in [1.29, 1.82) is 0 Å². The average molecular weight is 250 g/mol. The quantitative estimate of drug-likeness (QED) is 0.643. The van der Waals surface area contributed by atoms with Crippen molar-refractivity contribution in [1.82, 2.24) is 5.32 Å². The van der Waals surface area contributed by atoms with Gasteiger partial charge in [-0.2, -0.15) is 0 Å². The van der Waals surface area contributed by atoms with Crippen LogP contribution < -0.4 is 5.32 Å². The van der Waals surface area contributed by atoms with Gasteiger partial charge in [-0.1, -0.05) is 18.6 Å². The van der Waals surface area contributed by atoms with Crippen LogP contribution in [-0.4, -0.2) is 24.1 Å². The van der Waals surface area contributed by atoms with Crippen molar-refractivity contribution in [3.8, 4) is 0 Å².